The van der Waals surface area contributed by atoms with Crippen LogP contribution < -0.4 is 0 Å². The summed E-state index contributed by atoms with van der Waals surface area (Å²) in [5.74, 6) is 0.716. The third-order valence-corrected chi connectivity index (χ3v) is 5.61. The van der Waals surface area contributed by atoms with Crippen molar-refractivity contribution in [3.63, 3.8) is 0 Å². The van der Waals surface area contributed by atoms with E-state index in [1.807, 2.05) is 12.3 Å². The summed E-state index contributed by atoms with van der Waals surface area (Å²) < 4.78 is 0. The normalized spacial score (nSPS) is 20.3. The average Bonchev–Trinajstić information content (AvgIpc) is 3.33. The number of rotatable bonds is 7. The van der Waals surface area contributed by atoms with Crippen LogP contribution in [0.4, 0.5) is 0 Å². The van der Waals surface area contributed by atoms with Gasteiger partial charge in [-0.05, 0) is 55.7 Å². The van der Waals surface area contributed by atoms with E-state index >= 15 is 0 Å². The number of hydrogen-bond donors (Lipinski definition) is 1. The van der Waals surface area contributed by atoms with E-state index < -0.39 is 0 Å². The van der Waals surface area contributed by atoms with Crippen molar-refractivity contribution in [1.29, 1.82) is 0 Å². The fraction of sp³-hybridized carbons (Fsp3) is 0.450. The van der Waals surface area contributed by atoms with Gasteiger partial charge in [0.1, 0.15) is 5.65 Å². The maximum atomic E-state index is 4.53. The first-order chi connectivity index (χ1) is 11.3. The summed E-state index contributed by atoms with van der Waals surface area (Å²) in [7, 11) is 0. The number of H-pyrrole nitrogens is 1. The number of aromatic nitrogens is 2. The molecule has 120 valence electrons. The Morgan fingerprint density at radius 1 is 1.30 bits per heavy atom. The number of nitrogens with zero attached hydrogens (tertiary/aromatic N) is 2. The number of hydrogen-bond acceptors (Lipinski definition) is 2. The molecule has 3 nitrogen and oxygen atoms in total. The zero-order chi connectivity index (χ0) is 15.9. The zero-order valence-corrected chi connectivity index (χ0v) is 13.7. The molecule has 1 aliphatic carbocycles. The van der Waals surface area contributed by atoms with Crippen LogP contribution in [0.15, 0.2) is 43.6 Å². The van der Waals surface area contributed by atoms with Gasteiger partial charge >= 0.3 is 0 Å². The monoisotopic (exact) mass is 307 g/mol. The molecule has 3 heterocycles. The summed E-state index contributed by atoms with van der Waals surface area (Å²) in [4.78, 5) is 10.7. The molecule has 0 unspecified atom stereocenters. The average molecular weight is 307 g/mol. The fourth-order valence-corrected chi connectivity index (χ4v) is 4.09. The van der Waals surface area contributed by atoms with E-state index in [2.05, 4.69) is 46.2 Å². The van der Waals surface area contributed by atoms with Crippen LogP contribution in [0.2, 0.25) is 0 Å². The van der Waals surface area contributed by atoms with Gasteiger partial charge in [-0.15, -0.1) is 13.2 Å². The molecule has 2 aromatic heterocycles. The Kier molecular flexibility index (Phi) is 3.61. The van der Waals surface area contributed by atoms with Crippen molar-refractivity contribution >= 4 is 11.0 Å². The maximum Gasteiger partial charge on any atom is 0.137 e. The highest BCUT2D eigenvalue weighted by molar-refractivity contribution is 5.81. The highest BCUT2D eigenvalue weighted by Crippen LogP contribution is 2.45. The molecule has 2 fully saturated rings. The van der Waals surface area contributed by atoms with Crippen molar-refractivity contribution in [1.82, 2.24) is 14.9 Å². The molecule has 1 N–H and O–H groups in total. The van der Waals surface area contributed by atoms with E-state index in [0.717, 1.165) is 25.0 Å². The maximum absolute atomic E-state index is 4.53. The van der Waals surface area contributed by atoms with Crippen molar-refractivity contribution < 1.29 is 0 Å². The van der Waals surface area contributed by atoms with Gasteiger partial charge in [0.25, 0.3) is 0 Å². The Balaban J connectivity index is 1.68. The summed E-state index contributed by atoms with van der Waals surface area (Å²) in [5, 5.41) is 1.30. The van der Waals surface area contributed by atoms with Gasteiger partial charge in [-0.25, -0.2) is 4.98 Å². The smallest absolute Gasteiger partial charge is 0.137 e. The van der Waals surface area contributed by atoms with Gasteiger partial charge in [0.2, 0.25) is 0 Å². The molecule has 1 saturated heterocycles. The SMILES string of the molecule is C=CCC1(CC=C)CCN1Cc1c(C2CC2)[nH]c2ncccc12. The predicted molar refractivity (Wildman–Crippen MR) is 95.5 cm³/mol. The lowest BCUT2D eigenvalue weighted by Gasteiger charge is -2.53. The second-order valence-electron chi connectivity index (χ2n) is 7.07. The molecule has 0 spiro atoms. The summed E-state index contributed by atoms with van der Waals surface area (Å²) in [6.45, 7) is 10.1. The van der Waals surface area contributed by atoms with E-state index in [-0.39, 0.29) is 5.54 Å². The van der Waals surface area contributed by atoms with Gasteiger partial charge in [0.05, 0.1) is 0 Å². The zero-order valence-electron chi connectivity index (χ0n) is 13.7. The lowest BCUT2D eigenvalue weighted by atomic mass is 9.78. The first-order valence-electron chi connectivity index (χ1n) is 8.70. The van der Waals surface area contributed by atoms with Crippen molar-refractivity contribution in [3.8, 4) is 0 Å². The number of likely N-dealkylation sites (tertiary alicyclic amines) is 1. The molecule has 0 bridgehead atoms. The van der Waals surface area contributed by atoms with Gasteiger partial charge in [-0.2, -0.15) is 0 Å². The summed E-state index contributed by atoms with van der Waals surface area (Å²) in [6, 6.07) is 4.26. The highest BCUT2D eigenvalue weighted by Gasteiger charge is 2.43. The molecule has 4 rings (SSSR count). The molecular weight excluding hydrogens is 282 g/mol. The first-order valence-corrected chi connectivity index (χ1v) is 8.70. The summed E-state index contributed by atoms with van der Waals surface area (Å²) >= 11 is 0. The molecule has 3 heteroatoms. The van der Waals surface area contributed by atoms with Gasteiger partial charge in [0.15, 0.2) is 0 Å². The van der Waals surface area contributed by atoms with E-state index in [1.54, 1.807) is 0 Å². The first kappa shape index (κ1) is 14.7. The Hall–Kier alpha value is -1.87. The number of aromatic amines is 1. The third kappa shape index (κ3) is 2.43. The summed E-state index contributed by atoms with van der Waals surface area (Å²) in [5.41, 5.74) is 4.17. The van der Waals surface area contributed by atoms with Gasteiger partial charge in [0, 0.05) is 35.9 Å². The molecule has 2 aliphatic rings. The Labute approximate surface area is 138 Å². The molecule has 1 aliphatic heterocycles. The van der Waals surface area contributed by atoms with Crippen LogP contribution >= 0.6 is 0 Å². The van der Waals surface area contributed by atoms with E-state index in [9.17, 15) is 0 Å². The molecule has 2 aromatic rings. The van der Waals surface area contributed by atoms with Crippen LogP contribution in [0.3, 0.4) is 0 Å². The lowest BCUT2D eigenvalue weighted by molar-refractivity contribution is -0.0177. The largest absolute Gasteiger partial charge is 0.343 e. The van der Waals surface area contributed by atoms with E-state index in [4.69, 9.17) is 0 Å². The van der Waals surface area contributed by atoms with Crippen LogP contribution in [0.5, 0.6) is 0 Å². The Bertz CT molecular complexity index is 728. The Morgan fingerprint density at radius 2 is 2.09 bits per heavy atom. The fourth-order valence-electron chi connectivity index (χ4n) is 4.09. The van der Waals surface area contributed by atoms with Crippen LogP contribution in [0.1, 0.15) is 49.3 Å². The summed E-state index contributed by atoms with van der Waals surface area (Å²) in [6.07, 6.45) is 11.9. The molecule has 0 radical (unpaired) electrons. The molecule has 0 aromatic carbocycles. The molecule has 1 saturated carbocycles. The van der Waals surface area contributed by atoms with Gasteiger partial charge < -0.3 is 4.98 Å². The number of pyridine rings is 1. The second-order valence-corrected chi connectivity index (χ2v) is 7.07. The van der Waals surface area contributed by atoms with Crippen molar-refractivity contribution in [2.75, 3.05) is 6.54 Å². The van der Waals surface area contributed by atoms with Crippen LogP contribution in [-0.2, 0) is 6.54 Å². The highest BCUT2D eigenvalue weighted by atomic mass is 15.3. The van der Waals surface area contributed by atoms with Crippen LogP contribution in [0.25, 0.3) is 11.0 Å². The molecule has 0 atom stereocenters. The molecule has 0 amide bonds. The standard InChI is InChI=1S/C20H25N3/c1-3-9-20(10-4-2)11-13-23(20)14-17-16-6-5-12-21-19(16)22-18(17)15-7-8-15/h3-6,12,15H,1-2,7-11,13-14H2,(H,21,22). The topological polar surface area (TPSA) is 31.9 Å². The van der Waals surface area contributed by atoms with Gasteiger partial charge in [-0.1, -0.05) is 12.2 Å². The van der Waals surface area contributed by atoms with Gasteiger partial charge in [-0.3, -0.25) is 4.90 Å². The molecule has 23 heavy (non-hydrogen) atoms. The lowest BCUT2D eigenvalue weighted by Crippen LogP contribution is -2.58. The van der Waals surface area contributed by atoms with Crippen LogP contribution in [0, 0.1) is 0 Å². The van der Waals surface area contributed by atoms with E-state index in [0.29, 0.717) is 5.92 Å². The van der Waals surface area contributed by atoms with Crippen LogP contribution in [-0.4, -0.2) is 27.0 Å². The Morgan fingerprint density at radius 3 is 2.70 bits per heavy atom. The minimum Gasteiger partial charge on any atom is -0.343 e. The minimum atomic E-state index is 0.232. The molecular formula is C20H25N3. The van der Waals surface area contributed by atoms with Crippen molar-refractivity contribution in [2.24, 2.45) is 0 Å². The number of fused-ring (bicyclic) bond motifs is 1. The second kappa shape index (κ2) is 5.64. The van der Waals surface area contributed by atoms with E-state index in [1.165, 1.54) is 42.5 Å². The third-order valence-electron chi connectivity index (χ3n) is 5.61. The minimum absolute atomic E-state index is 0.232. The quantitative estimate of drug-likeness (QED) is 0.762. The van der Waals surface area contributed by atoms with Crippen molar-refractivity contribution in [2.45, 2.75) is 50.1 Å². The predicted octanol–water partition coefficient (Wildman–Crippen LogP) is 4.54. The van der Waals surface area contributed by atoms with Crippen molar-refractivity contribution in [3.05, 3.63) is 54.9 Å². The number of nitrogens with one attached hydrogen (secondary N) is 1.